The number of hydrogen-bond donors (Lipinski definition) is 3. The highest BCUT2D eigenvalue weighted by Crippen LogP contribution is 2.11. The van der Waals surface area contributed by atoms with Gasteiger partial charge in [0.2, 0.25) is 0 Å². The Balaban J connectivity index is 1.76. The Bertz CT molecular complexity index is 293. The molecule has 24 heavy (non-hydrogen) atoms. The number of nitrogens with zero attached hydrogens (tertiary/aromatic N) is 1. The highest BCUT2D eigenvalue weighted by Gasteiger charge is 2.11. The van der Waals surface area contributed by atoms with Gasteiger partial charge in [0.15, 0.2) is 0 Å². The van der Waals surface area contributed by atoms with Crippen LogP contribution >= 0.6 is 0 Å². The molecule has 0 bridgehead atoms. The van der Waals surface area contributed by atoms with Gasteiger partial charge in [0.25, 0.3) is 0 Å². The fraction of sp³-hybridized carbons (Fsp3) is 0.947. The summed E-state index contributed by atoms with van der Waals surface area (Å²) in [5.41, 5.74) is 2.91. The number of carbonyl (C=O) groups is 1. The van der Waals surface area contributed by atoms with Crippen molar-refractivity contribution in [1.82, 2.24) is 21.1 Å². The van der Waals surface area contributed by atoms with Crippen LogP contribution in [0.4, 0.5) is 4.79 Å². The number of hydrazine groups is 1. The minimum Gasteiger partial charge on any atom is -0.337 e. The molecule has 0 atom stereocenters. The van der Waals surface area contributed by atoms with Crippen molar-refractivity contribution in [2.24, 2.45) is 0 Å². The quantitative estimate of drug-likeness (QED) is 0.422. The van der Waals surface area contributed by atoms with Gasteiger partial charge in [-0.3, -0.25) is 5.43 Å². The largest absolute Gasteiger partial charge is 0.337 e. The Morgan fingerprint density at radius 3 is 1.88 bits per heavy atom. The van der Waals surface area contributed by atoms with E-state index in [-0.39, 0.29) is 6.03 Å². The lowest BCUT2D eigenvalue weighted by Crippen LogP contribution is -2.54. The van der Waals surface area contributed by atoms with E-state index in [0.29, 0.717) is 0 Å². The summed E-state index contributed by atoms with van der Waals surface area (Å²) in [6, 6.07) is -0.0556. The van der Waals surface area contributed by atoms with Gasteiger partial charge in [-0.25, -0.2) is 9.80 Å². The monoisotopic (exact) mass is 340 g/mol. The van der Waals surface area contributed by atoms with Gasteiger partial charge in [-0.05, 0) is 6.42 Å². The molecule has 0 aromatic rings. The highest BCUT2D eigenvalue weighted by molar-refractivity contribution is 5.73. The van der Waals surface area contributed by atoms with Gasteiger partial charge in [0.05, 0.1) is 0 Å². The van der Waals surface area contributed by atoms with Crippen LogP contribution in [0.15, 0.2) is 0 Å². The molecule has 0 radical (unpaired) electrons. The zero-order valence-electron chi connectivity index (χ0n) is 15.9. The minimum atomic E-state index is -0.0556. The summed E-state index contributed by atoms with van der Waals surface area (Å²) in [4.78, 5) is 11.7. The highest BCUT2D eigenvalue weighted by atomic mass is 16.2. The molecule has 3 N–H and O–H groups in total. The summed E-state index contributed by atoms with van der Waals surface area (Å²) in [5.74, 6) is 0. The van der Waals surface area contributed by atoms with E-state index in [1.54, 1.807) is 0 Å². The summed E-state index contributed by atoms with van der Waals surface area (Å²) in [5, 5.41) is 8.20. The van der Waals surface area contributed by atoms with Crippen LogP contribution in [-0.2, 0) is 0 Å². The molecule has 0 unspecified atom stereocenters. The van der Waals surface area contributed by atoms with Crippen molar-refractivity contribution in [3.63, 3.8) is 0 Å². The zero-order valence-corrected chi connectivity index (χ0v) is 15.9. The third kappa shape index (κ3) is 12.6. The number of piperazine rings is 1. The van der Waals surface area contributed by atoms with Crippen molar-refractivity contribution in [3.8, 4) is 0 Å². The second-order valence-electron chi connectivity index (χ2n) is 6.99. The standard InChI is InChI=1S/C19H40N4O/c1-2-3-4-5-6-7-8-9-10-11-12-13-14-21-19(24)22-23-17-15-20-16-18-23/h20H,2-18H2,1H3,(H2,21,22,24). The van der Waals surface area contributed by atoms with E-state index < -0.39 is 0 Å². The molecule has 5 heteroatoms. The van der Waals surface area contributed by atoms with Gasteiger partial charge in [-0.15, -0.1) is 0 Å². The van der Waals surface area contributed by atoms with Crippen molar-refractivity contribution in [2.75, 3.05) is 32.7 Å². The van der Waals surface area contributed by atoms with Crippen LogP contribution in [0.1, 0.15) is 84.0 Å². The second-order valence-corrected chi connectivity index (χ2v) is 6.99. The number of carbonyl (C=O) groups excluding carboxylic acids is 1. The van der Waals surface area contributed by atoms with Crippen molar-refractivity contribution in [3.05, 3.63) is 0 Å². The second kappa shape index (κ2) is 15.7. The fourth-order valence-corrected chi connectivity index (χ4v) is 3.13. The number of hydrogen-bond acceptors (Lipinski definition) is 3. The lowest BCUT2D eigenvalue weighted by atomic mass is 10.1. The smallest absolute Gasteiger partial charge is 0.329 e. The molecule has 0 aromatic carbocycles. The molecule has 1 aliphatic rings. The van der Waals surface area contributed by atoms with Crippen LogP contribution in [0.5, 0.6) is 0 Å². The first kappa shape index (κ1) is 21.2. The molecule has 1 heterocycles. The molecule has 1 aliphatic heterocycles. The molecule has 2 amide bonds. The van der Waals surface area contributed by atoms with E-state index in [1.165, 1.54) is 70.6 Å². The van der Waals surface area contributed by atoms with Crippen LogP contribution in [0, 0.1) is 0 Å². The first-order chi connectivity index (χ1) is 11.8. The van der Waals surface area contributed by atoms with Crippen molar-refractivity contribution in [2.45, 2.75) is 84.0 Å². The number of nitrogens with one attached hydrogen (secondary N) is 3. The molecule has 1 rings (SSSR count). The lowest BCUT2D eigenvalue weighted by Gasteiger charge is -2.27. The zero-order chi connectivity index (χ0) is 17.3. The van der Waals surface area contributed by atoms with Crippen LogP contribution in [0.3, 0.4) is 0 Å². The molecule has 0 aliphatic carbocycles. The van der Waals surface area contributed by atoms with E-state index in [1.807, 2.05) is 5.01 Å². The van der Waals surface area contributed by atoms with E-state index in [2.05, 4.69) is 23.0 Å². The third-order valence-electron chi connectivity index (χ3n) is 4.69. The Morgan fingerprint density at radius 1 is 0.833 bits per heavy atom. The third-order valence-corrected chi connectivity index (χ3v) is 4.69. The van der Waals surface area contributed by atoms with Crippen LogP contribution in [-0.4, -0.2) is 43.8 Å². The number of rotatable bonds is 14. The molecule has 142 valence electrons. The van der Waals surface area contributed by atoms with Gasteiger partial charge in [0, 0.05) is 32.7 Å². The Morgan fingerprint density at radius 2 is 1.33 bits per heavy atom. The Kier molecular flexibility index (Phi) is 13.9. The summed E-state index contributed by atoms with van der Waals surface area (Å²) < 4.78 is 0. The number of unbranched alkanes of at least 4 members (excludes halogenated alkanes) is 11. The van der Waals surface area contributed by atoms with E-state index in [9.17, 15) is 4.79 Å². The van der Waals surface area contributed by atoms with E-state index >= 15 is 0 Å². The molecule has 1 saturated heterocycles. The van der Waals surface area contributed by atoms with Gasteiger partial charge >= 0.3 is 6.03 Å². The number of urea groups is 1. The Labute approximate surface area is 149 Å². The molecule has 0 aromatic heterocycles. The molecule has 0 saturated carbocycles. The van der Waals surface area contributed by atoms with Gasteiger partial charge in [-0.2, -0.15) is 0 Å². The topological polar surface area (TPSA) is 56.4 Å². The molecular weight excluding hydrogens is 300 g/mol. The predicted molar refractivity (Wildman–Crippen MR) is 102 cm³/mol. The van der Waals surface area contributed by atoms with Crippen LogP contribution < -0.4 is 16.1 Å². The van der Waals surface area contributed by atoms with Crippen LogP contribution in [0.25, 0.3) is 0 Å². The maximum absolute atomic E-state index is 11.7. The molecule has 1 fully saturated rings. The maximum Gasteiger partial charge on any atom is 0.329 e. The first-order valence-corrected chi connectivity index (χ1v) is 10.3. The normalized spacial score (nSPS) is 15.4. The summed E-state index contributed by atoms with van der Waals surface area (Å²) in [6.45, 7) is 6.71. The van der Waals surface area contributed by atoms with Gasteiger partial charge in [0.1, 0.15) is 0 Å². The van der Waals surface area contributed by atoms with Crippen molar-refractivity contribution in [1.29, 1.82) is 0 Å². The average molecular weight is 341 g/mol. The van der Waals surface area contributed by atoms with Crippen LogP contribution in [0.2, 0.25) is 0 Å². The SMILES string of the molecule is CCCCCCCCCCCCCCNC(=O)NN1CCNCC1. The first-order valence-electron chi connectivity index (χ1n) is 10.3. The fourth-order valence-electron chi connectivity index (χ4n) is 3.13. The molecule has 5 nitrogen and oxygen atoms in total. The van der Waals surface area contributed by atoms with Gasteiger partial charge in [-0.1, -0.05) is 77.6 Å². The predicted octanol–water partition coefficient (Wildman–Crippen LogP) is 3.81. The lowest BCUT2D eigenvalue weighted by molar-refractivity contribution is 0.162. The van der Waals surface area contributed by atoms with E-state index in [4.69, 9.17) is 0 Å². The summed E-state index contributed by atoms with van der Waals surface area (Å²) in [7, 11) is 0. The summed E-state index contributed by atoms with van der Waals surface area (Å²) >= 11 is 0. The van der Waals surface area contributed by atoms with Crippen molar-refractivity contribution >= 4 is 6.03 Å². The average Bonchev–Trinajstić information content (AvgIpc) is 2.60. The number of amides is 2. The van der Waals surface area contributed by atoms with E-state index in [0.717, 1.165) is 39.1 Å². The Hall–Kier alpha value is -0.810. The molecular formula is C19H40N4O. The maximum atomic E-state index is 11.7. The minimum absolute atomic E-state index is 0.0556. The summed E-state index contributed by atoms with van der Waals surface area (Å²) in [6.07, 6.45) is 16.2. The van der Waals surface area contributed by atoms with Crippen molar-refractivity contribution < 1.29 is 4.79 Å². The molecule has 0 spiro atoms. The van der Waals surface area contributed by atoms with Gasteiger partial charge < -0.3 is 10.6 Å².